The minimum absolute atomic E-state index is 0.0599. The molecule has 1 saturated heterocycles. The minimum Gasteiger partial charge on any atom is -0.494 e. The van der Waals surface area contributed by atoms with E-state index < -0.39 is 0 Å². The van der Waals surface area contributed by atoms with Crippen molar-refractivity contribution < 1.29 is 9.84 Å². The summed E-state index contributed by atoms with van der Waals surface area (Å²) in [6.45, 7) is 5.91. The van der Waals surface area contributed by atoms with Crippen LogP contribution in [-0.4, -0.2) is 35.8 Å². The van der Waals surface area contributed by atoms with Crippen molar-refractivity contribution in [3.63, 3.8) is 0 Å². The van der Waals surface area contributed by atoms with Gasteiger partial charge in [-0.1, -0.05) is 12.1 Å². The zero-order valence-electron chi connectivity index (χ0n) is 11.6. The summed E-state index contributed by atoms with van der Waals surface area (Å²) in [6, 6.07) is 8.39. The van der Waals surface area contributed by atoms with Crippen molar-refractivity contribution in [2.45, 2.75) is 32.4 Å². The van der Waals surface area contributed by atoms with Crippen LogP contribution in [0.3, 0.4) is 0 Å². The smallest absolute Gasteiger partial charge is 0.119 e. The highest BCUT2D eigenvalue weighted by Gasteiger charge is 2.41. The van der Waals surface area contributed by atoms with Crippen LogP contribution < -0.4 is 4.74 Å². The van der Waals surface area contributed by atoms with Crippen LogP contribution in [0.15, 0.2) is 24.3 Å². The van der Waals surface area contributed by atoms with Gasteiger partial charge in [-0.15, -0.1) is 0 Å². The summed E-state index contributed by atoms with van der Waals surface area (Å²) in [5.41, 5.74) is 1.33. The maximum Gasteiger partial charge on any atom is 0.119 e. The quantitative estimate of drug-likeness (QED) is 0.902. The molecular weight excluding hydrogens is 238 g/mol. The molecule has 1 aromatic carbocycles. The number of fused-ring (bicyclic) bond motifs is 1. The van der Waals surface area contributed by atoms with Crippen LogP contribution >= 0.6 is 0 Å². The number of ether oxygens (including phenoxy) is 1. The fourth-order valence-corrected chi connectivity index (χ4v) is 3.57. The number of rotatable bonds is 4. The summed E-state index contributed by atoms with van der Waals surface area (Å²) in [6.07, 6.45) is 2.15. The van der Waals surface area contributed by atoms with Gasteiger partial charge in [-0.05, 0) is 43.4 Å². The summed E-state index contributed by atoms with van der Waals surface area (Å²) in [7, 11) is 0. The fourth-order valence-electron chi connectivity index (χ4n) is 3.57. The van der Waals surface area contributed by atoms with Crippen LogP contribution in [0.1, 0.15) is 25.3 Å². The first kappa shape index (κ1) is 12.9. The second-order valence-corrected chi connectivity index (χ2v) is 5.84. The summed E-state index contributed by atoms with van der Waals surface area (Å²) in [4.78, 5) is 2.48. The van der Waals surface area contributed by atoms with Crippen molar-refractivity contribution in [1.82, 2.24) is 4.90 Å². The Hall–Kier alpha value is -1.06. The Morgan fingerprint density at radius 3 is 2.68 bits per heavy atom. The molecule has 1 saturated carbocycles. The van der Waals surface area contributed by atoms with Crippen LogP contribution in [0, 0.1) is 11.8 Å². The van der Waals surface area contributed by atoms with Gasteiger partial charge < -0.3 is 9.84 Å². The van der Waals surface area contributed by atoms with Crippen molar-refractivity contribution in [2.24, 2.45) is 11.8 Å². The molecule has 0 radical (unpaired) electrons. The number of nitrogens with zero attached hydrogens (tertiary/aromatic N) is 1. The van der Waals surface area contributed by atoms with Gasteiger partial charge in [0, 0.05) is 25.6 Å². The highest BCUT2D eigenvalue weighted by Crippen LogP contribution is 2.38. The average Bonchev–Trinajstić information content (AvgIpc) is 2.95. The van der Waals surface area contributed by atoms with Crippen molar-refractivity contribution in [3.05, 3.63) is 29.8 Å². The first-order chi connectivity index (χ1) is 9.26. The standard InChI is InChI=1S/C16H23NO2/c1-2-19-14-6-3-12(4-7-14)9-17-10-13-5-8-16(18)15(13)11-17/h3-4,6-7,13,15-16,18H,2,5,8-11H2,1H3. The molecule has 1 aliphatic heterocycles. The third-order valence-electron chi connectivity index (χ3n) is 4.54. The zero-order chi connectivity index (χ0) is 13.2. The lowest BCUT2D eigenvalue weighted by Crippen LogP contribution is -2.24. The van der Waals surface area contributed by atoms with E-state index in [4.69, 9.17) is 4.74 Å². The largest absolute Gasteiger partial charge is 0.494 e. The van der Waals surface area contributed by atoms with Gasteiger partial charge in [-0.25, -0.2) is 0 Å². The third kappa shape index (κ3) is 2.77. The molecule has 3 heteroatoms. The van der Waals surface area contributed by atoms with E-state index in [1.807, 2.05) is 19.1 Å². The van der Waals surface area contributed by atoms with E-state index in [1.54, 1.807) is 0 Å². The highest BCUT2D eigenvalue weighted by atomic mass is 16.5. The first-order valence-corrected chi connectivity index (χ1v) is 7.38. The molecule has 3 unspecified atom stereocenters. The SMILES string of the molecule is CCOc1ccc(CN2CC3CCC(O)C3C2)cc1. The number of aliphatic hydroxyl groups is 1. The normalized spacial score (nSPS) is 30.5. The lowest BCUT2D eigenvalue weighted by atomic mass is 10.00. The van der Waals surface area contributed by atoms with Crippen LogP contribution in [0.5, 0.6) is 5.75 Å². The number of hydrogen-bond acceptors (Lipinski definition) is 3. The summed E-state index contributed by atoms with van der Waals surface area (Å²) in [5.74, 6) is 2.18. The molecule has 0 spiro atoms. The molecule has 2 fully saturated rings. The summed E-state index contributed by atoms with van der Waals surface area (Å²) >= 11 is 0. The molecule has 0 aromatic heterocycles. The van der Waals surface area contributed by atoms with Crippen LogP contribution in [0.2, 0.25) is 0 Å². The van der Waals surface area contributed by atoms with E-state index in [1.165, 1.54) is 12.0 Å². The molecule has 1 N–H and O–H groups in total. The maximum atomic E-state index is 9.94. The molecule has 3 nitrogen and oxygen atoms in total. The molecule has 0 bridgehead atoms. The van der Waals surface area contributed by atoms with Gasteiger partial charge in [-0.3, -0.25) is 4.90 Å². The van der Waals surface area contributed by atoms with E-state index in [0.717, 1.165) is 37.7 Å². The fraction of sp³-hybridized carbons (Fsp3) is 0.625. The van der Waals surface area contributed by atoms with Gasteiger partial charge in [0.2, 0.25) is 0 Å². The van der Waals surface area contributed by atoms with Crippen molar-refractivity contribution in [3.8, 4) is 5.75 Å². The van der Waals surface area contributed by atoms with Crippen LogP contribution in [-0.2, 0) is 6.54 Å². The first-order valence-electron chi connectivity index (χ1n) is 7.38. The molecule has 0 amide bonds. The Labute approximate surface area is 115 Å². The monoisotopic (exact) mass is 261 g/mol. The van der Waals surface area contributed by atoms with Crippen molar-refractivity contribution >= 4 is 0 Å². The number of aliphatic hydroxyl groups excluding tert-OH is 1. The van der Waals surface area contributed by atoms with Crippen LogP contribution in [0.4, 0.5) is 0 Å². The molecule has 2 aliphatic rings. The van der Waals surface area contributed by atoms with Crippen molar-refractivity contribution in [1.29, 1.82) is 0 Å². The van der Waals surface area contributed by atoms with Gasteiger partial charge in [0.15, 0.2) is 0 Å². The Balaban J connectivity index is 1.57. The molecule has 1 heterocycles. The lowest BCUT2D eigenvalue weighted by Gasteiger charge is -2.18. The van der Waals surface area contributed by atoms with E-state index in [-0.39, 0.29) is 6.10 Å². The molecule has 1 aliphatic carbocycles. The predicted molar refractivity (Wildman–Crippen MR) is 75.1 cm³/mol. The zero-order valence-corrected chi connectivity index (χ0v) is 11.6. The summed E-state index contributed by atoms with van der Waals surface area (Å²) < 4.78 is 5.46. The van der Waals surface area contributed by atoms with Gasteiger partial charge in [0.05, 0.1) is 12.7 Å². The van der Waals surface area contributed by atoms with E-state index >= 15 is 0 Å². The highest BCUT2D eigenvalue weighted by molar-refractivity contribution is 5.27. The lowest BCUT2D eigenvalue weighted by molar-refractivity contribution is 0.123. The Kier molecular flexibility index (Phi) is 3.76. The minimum atomic E-state index is -0.0599. The van der Waals surface area contributed by atoms with Crippen LogP contribution in [0.25, 0.3) is 0 Å². The molecule has 1 aromatic rings. The molecule has 19 heavy (non-hydrogen) atoms. The number of hydrogen-bond donors (Lipinski definition) is 1. The number of benzene rings is 1. The molecule has 3 rings (SSSR count). The maximum absolute atomic E-state index is 9.94. The van der Waals surface area contributed by atoms with E-state index in [0.29, 0.717) is 12.5 Å². The predicted octanol–water partition coefficient (Wildman–Crippen LogP) is 2.29. The Morgan fingerprint density at radius 1 is 1.21 bits per heavy atom. The van der Waals surface area contributed by atoms with Crippen molar-refractivity contribution in [2.75, 3.05) is 19.7 Å². The Morgan fingerprint density at radius 2 is 2.00 bits per heavy atom. The molecule has 3 atom stereocenters. The van der Waals surface area contributed by atoms with Gasteiger partial charge in [-0.2, -0.15) is 0 Å². The average molecular weight is 261 g/mol. The summed E-state index contributed by atoms with van der Waals surface area (Å²) in [5, 5.41) is 9.94. The number of likely N-dealkylation sites (tertiary alicyclic amines) is 1. The second-order valence-electron chi connectivity index (χ2n) is 5.84. The second kappa shape index (κ2) is 5.51. The van der Waals surface area contributed by atoms with Gasteiger partial charge in [0.25, 0.3) is 0 Å². The molecular formula is C16H23NO2. The topological polar surface area (TPSA) is 32.7 Å². The van der Waals surface area contributed by atoms with Gasteiger partial charge >= 0.3 is 0 Å². The van der Waals surface area contributed by atoms with E-state index in [2.05, 4.69) is 17.0 Å². The molecule has 104 valence electrons. The Bertz CT molecular complexity index is 417. The van der Waals surface area contributed by atoms with Gasteiger partial charge in [0.1, 0.15) is 5.75 Å². The third-order valence-corrected chi connectivity index (χ3v) is 4.54. The van der Waals surface area contributed by atoms with E-state index in [9.17, 15) is 5.11 Å².